The summed E-state index contributed by atoms with van der Waals surface area (Å²) in [6.07, 6.45) is 0. The topological polar surface area (TPSA) is 54.7 Å². The molecule has 3 aromatic carbocycles. The number of phenols is 1. The number of ether oxygens (including phenoxy) is 1. The van der Waals surface area contributed by atoms with Gasteiger partial charge in [0.2, 0.25) is 0 Å². The largest absolute Gasteiger partial charge is 0.507 e. The second kappa shape index (κ2) is 10.4. The van der Waals surface area contributed by atoms with Crippen molar-refractivity contribution in [2.75, 3.05) is 20.7 Å². The summed E-state index contributed by atoms with van der Waals surface area (Å²) < 4.78 is 7.57. The van der Waals surface area contributed by atoms with E-state index in [1.807, 2.05) is 87.6 Å². The molecule has 34 heavy (non-hydrogen) atoms. The van der Waals surface area contributed by atoms with E-state index in [9.17, 15) is 9.90 Å². The number of esters is 1. The number of nitrogens with zero attached hydrogens (tertiary/aromatic N) is 2. The lowest BCUT2D eigenvalue weighted by Crippen LogP contribution is -2.13. The zero-order chi connectivity index (χ0) is 24.2. The number of hydrogen-bond donors (Lipinski definition) is 1. The lowest BCUT2D eigenvalue weighted by molar-refractivity contribution is 0.0527. The van der Waals surface area contributed by atoms with Gasteiger partial charge in [0.1, 0.15) is 5.75 Å². The maximum absolute atomic E-state index is 13.3. The third kappa shape index (κ3) is 4.69. The molecule has 176 valence electrons. The SMILES string of the molecule is CCOC(=O)c1c(CSc2ccccc2)n(C)c2cc(-c3ccccc3)c(O)c(CN(C)C)c12. The van der Waals surface area contributed by atoms with Gasteiger partial charge in [-0.05, 0) is 44.8 Å². The molecule has 0 fully saturated rings. The minimum absolute atomic E-state index is 0.200. The van der Waals surface area contributed by atoms with E-state index >= 15 is 0 Å². The van der Waals surface area contributed by atoms with Crippen molar-refractivity contribution in [2.24, 2.45) is 7.05 Å². The molecule has 0 aliphatic heterocycles. The minimum atomic E-state index is -0.358. The number of carbonyl (C=O) groups is 1. The van der Waals surface area contributed by atoms with Crippen molar-refractivity contribution >= 4 is 28.6 Å². The highest BCUT2D eigenvalue weighted by molar-refractivity contribution is 7.98. The summed E-state index contributed by atoms with van der Waals surface area (Å²) in [5.74, 6) is 0.445. The van der Waals surface area contributed by atoms with Crippen LogP contribution in [0.5, 0.6) is 5.75 Å². The number of aryl methyl sites for hydroxylation is 1. The average Bonchev–Trinajstić information content (AvgIpc) is 3.12. The third-order valence-corrected chi connectivity index (χ3v) is 6.87. The molecule has 0 aliphatic carbocycles. The van der Waals surface area contributed by atoms with Crippen molar-refractivity contribution < 1.29 is 14.6 Å². The summed E-state index contributed by atoms with van der Waals surface area (Å²) in [4.78, 5) is 16.4. The van der Waals surface area contributed by atoms with Gasteiger partial charge in [0, 0.05) is 46.4 Å². The van der Waals surface area contributed by atoms with Crippen LogP contribution < -0.4 is 0 Å². The van der Waals surface area contributed by atoms with Crippen LogP contribution >= 0.6 is 11.8 Å². The van der Waals surface area contributed by atoms with Crippen LogP contribution in [0.4, 0.5) is 0 Å². The van der Waals surface area contributed by atoms with Gasteiger partial charge in [-0.25, -0.2) is 4.79 Å². The summed E-state index contributed by atoms with van der Waals surface area (Å²) in [5, 5.41) is 12.2. The number of aromatic nitrogens is 1. The molecule has 0 saturated carbocycles. The smallest absolute Gasteiger partial charge is 0.340 e. The van der Waals surface area contributed by atoms with Gasteiger partial charge in [0.15, 0.2) is 0 Å². The first-order chi connectivity index (χ1) is 16.4. The zero-order valence-corrected chi connectivity index (χ0v) is 20.9. The lowest BCUT2D eigenvalue weighted by Gasteiger charge is -2.17. The summed E-state index contributed by atoms with van der Waals surface area (Å²) >= 11 is 1.68. The van der Waals surface area contributed by atoms with Crippen LogP contribution in [0.2, 0.25) is 0 Å². The fourth-order valence-electron chi connectivity index (χ4n) is 4.28. The Kier molecular flexibility index (Phi) is 7.29. The molecule has 0 unspecified atom stereocenters. The first kappa shape index (κ1) is 23.9. The van der Waals surface area contributed by atoms with Gasteiger partial charge < -0.3 is 19.3 Å². The molecule has 5 nitrogen and oxygen atoms in total. The Bertz CT molecular complexity index is 1300. The maximum atomic E-state index is 13.3. The van der Waals surface area contributed by atoms with Crippen molar-refractivity contribution in [3.8, 4) is 16.9 Å². The van der Waals surface area contributed by atoms with Crippen molar-refractivity contribution in [2.45, 2.75) is 24.1 Å². The molecule has 0 atom stereocenters. The number of rotatable bonds is 8. The van der Waals surface area contributed by atoms with Crippen LogP contribution in [0.3, 0.4) is 0 Å². The molecule has 0 spiro atoms. The van der Waals surface area contributed by atoms with Gasteiger partial charge in [0.05, 0.1) is 17.7 Å². The van der Waals surface area contributed by atoms with E-state index in [2.05, 4.69) is 16.7 Å². The zero-order valence-electron chi connectivity index (χ0n) is 20.0. The Hall–Kier alpha value is -3.22. The van der Waals surface area contributed by atoms with Crippen LogP contribution in [0.1, 0.15) is 28.5 Å². The Balaban J connectivity index is 1.98. The molecule has 0 saturated heterocycles. The van der Waals surface area contributed by atoms with Gasteiger partial charge in [0.25, 0.3) is 0 Å². The fraction of sp³-hybridized carbons (Fsp3) is 0.250. The molecule has 0 aliphatic rings. The van der Waals surface area contributed by atoms with Crippen LogP contribution in [0.15, 0.2) is 71.6 Å². The summed E-state index contributed by atoms with van der Waals surface area (Å²) in [7, 11) is 5.90. The molecule has 0 bridgehead atoms. The van der Waals surface area contributed by atoms with Crippen LogP contribution in [0.25, 0.3) is 22.0 Å². The van der Waals surface area contributed by atoms with Crippen LogP contribution in [0, 0.1) is 0 Å². The van der Waals surface area contributed by atoms with Gasteiger partial charge in [-0.3, -0.25) is 0 Å². The number of benzene rings is 3. The molecule has 1 heterocycles. The molecule has 4 rings (SSSR count). The highest BCUT2D eigenvalue weighted by Crippen LogP contribution is 2.42. The van der Waals surface area contributed by atoms with Crippen molar-refractivity contribution in [1.29, 1.82) is 0 Å². The highest BCUT2D eigenvalue weighted by atomic mass is 32.2. The number of fused-ring (bicyclic) bond motifs is 1. The maximum Gasteiger partial charge on any atom is 0.340 e. The van der Waals surface area contributed by atoms with Gasteiger partial charge in [-0.15, -0.1) is 11.8 Å². The van der Waals surface area contributed by atoms with Crippen LogP contribution in [-0.4, -0.2) is 41.2 Å². The van der Waals surface area contributed by atoms with E-state index < -0.39 is 0 Å². The predicted octanol–water partition coefficient (Wildman–Crippen LogP) is 6.08. The van der Waals surface area contributed by atoms with E-state index in [-0.39, 0.29) is 18.3 Å². The Morgan fingerprint density at radius 2 is 1.71 bits per heavy atom. The molecule has 6 heteroatoms. The number of aromatic hydroxyl groups is 1. The number of hydrogen-bond acceptors (Lipinski definition) is 5. The van der Waals surface area contributed by atoms with Crippen molar-refractivity contribution in [3.05, 3.63) is 83.6 Å². The second-order valence-corrected chi connectivity index (χ2v) is 9.50. The van der Waals surface area contributed by atoms with E-state index in [1.54, 1.807) is 11.8 Å². The highest BCUT2D eigenvalue weighted by Gasteiger charge is 2.28. The van der Waals surface area contributed by atoms with Gasteiger partial charge in [-0.1, -0.05) is 48.5 Å². The summed E-state index contributed by atoms with van der Waals surface area (Å²) in [6.45, 7) is 2.59. The molecule has 1 aromatic heterocycles. The molecular weight excluding hydrogens is 444 g/mol. The summed E-state index contributed by atoms with van der Waals surface area (Å²) in [5.41, 5.74) is 4.74. The number of carbonyl (C=O) groups excluding carboxylic acids is 1. The molecule has 1 N–H and O–H groups in total. The predicted molar refractivity (Wildman–Crippen MR) is 139 cm³/mol. The van der Waals surface area contributed by atoms with Crippen LogP contribution in [-0.2, 0) is 24.1 Å². The fourth-order valence-corrected chi connectivity index (χ4v) is 5.27. The second-order valence-electron chi connectivity index (χ2n) is 8.45. The standard InChI is InChI=1S/C28H30N2O3S/c1-5-33-28(32)26-24(18-34-20-14-10-7-11-15-20)30(4)23-16-21(19-12-8-6-9-13-19)27(31)22(25(23)26)17-29(2)3/h6-16,31H,5,17-18H2,1-4H3. The number of phenolic OH excluding ortho intramolecular Hbond substituents is 1. The first-order valence-corrected chi connectivity index (χ1v) is 12.3. The quantitative estimate of drug-likeness (QED) is 0.248. The van der Waals surface area contributed by atoms with Gasteiger partial charge in [-0.2, -0.15) is 0 Å². The molecule has 0 amide bonds. The monoisotopic (exact) mass is 474 g/mol. The molecule has 4 aromatic rings. The van der Waals surface area contributed by atoms with E-state index in [0.717, 1.165) is 38.2 Å². The Labute approximate surface area is 205 Å². The Morgan fingerprint density at radius 1 is 1.06 bits per heavy atom. The average molecular weight is 475 g/mol. The summed E-state index contributed by atoms with van der Waals surface area (Å²) in [6, 6.07) is 22.0. The lowest BCUT2D eigenvalue weighted by atomic mass is 9.96. The van der Waals surface area contributed by atoms with Crippen molar-refractivity contribution in [1.82, 2.24) is 9.47 Å². The normalized spacial score (nSPS) is 11.3. The minimum Gasteiger partial charge on any atom is -0.507 e. The number of thioether (sulfide) groups is 1. The van der Waals surface area contributed by atoms with Crippen molar-refractivity contribution in [3.63, 3.8) is 0 Å². The Morgan fingerprint density at radius 3 is 2.32 bits per heavy atom. The van der Waals surface area contributed by atoms with Gasteiger partial charge >= 0.3 is 5.97 Å². The third-order valence-electron chi connectivity index (χ3n) is 5.84. The molecular formula is C28H30N2O3S. The van der Waals surface area contributed by atoms with E-state index in [1.165, 1.54) is 0 Å². The van der Waals surface area contributed by atoms with E-state index in [4.69, 9.17) is 4.74 Å². The van der Waals surface area contributed by atoms with E-state index in [0.29, 0.717) is 17.9 Å². The molecule has 0 radical (unpaired) electrons. The first-order valence-electron chi connectivity index (χ1n) is 11.3.